The quantitative estimate of drug-likeness (QED) is 0.318. The summed E-state index contributed by atoms with van der Waals surface area (Å²) in [5.74, 6) is 0.778. The van der Waals surface area contributed by atoms with Gasteiger partial charge in [0.25, 0.3) is 0 Å². The number of hydrogen-bond donors (Lipinski definition) is 2. The molecule has 0 saturated carbocycles. The maximum absolute atomic E-state index is 10.8. The molecule has 0 bridgehead atoms. The number of rotatable bonds is 10. The fourth-order valence-electron chi connectivity index (χ4n) is 4.07. The third kappa shape index (κ3) is 6.98. The van der Waals surface area contributed by atoms with E-state index in [-0.39, 0.29) is 18.4 Å². The van der Waals surface area contributed by atoms with Crippen LogP contribution in [0.5, 0.6) is 5.75 Å². The van der Waals surface area contributed by atoms with Crippen molar-refractivity contribution in [3.63, 3.8) is 0 Å². The predicted molar refractivity (Wildman–Crippen MR) is 137 cm³/mol. The number of fused-ring (bicyclic) bond motifs is 1. The molecule has 35 heavy (non-hydrogen) atoms. The number of nitrogens with two attached hydrogens (primary N) is 1. The number of ether oxygens (including phenoxy) is 1. The Balaban J connectivity index is 0.00000342. The number of nitrogens with zero attached hydrogens (tertiary/aromatic N) is 2. The SMILES string of the molecule is Cc1cc2ncn(CCC[NH2+]C(C)C(O)c3ccc(OCc4ccc(Cl)cc4)cc3)c2cc1C.[Cl-]. The number of hydrogen-bond acceptors (Lipinski definition) is 3. The molecule has 0 aliphatic rings. The highest BCUT2D eigenvalue weighted by Crippen LogP contribution is 2.21. The van der Waals surface area contributed by atoms with Crippen LogP contribution in [0.1, 0.15) is 41.7 Å². The van der Waals surface area contributed by atoms with E-state index in [1.165, 1.54) is 16.6 Å². The molecule has 1 aromatic heterocycles. The Morgan fingerprint density at radius 2 is 1.71 bits per heavy atom. The van der Waals surface area contributed by atoms with Crippen molar-refractivity contribution in [2.75, 3.05) is 6.54 Å². The Kier molecular flexibility index (Phi) is 9.58. The number of halogens is 2. The smallest absolute Gasteiger partial charge is 0.130 e. The molecule has 5 nitrogen and oxygen atoms in total. The van der Waals surface area contributed by atoms with Crippen LogP contribution in [-0.4, -0.2) is 27.2 Å². The molecular weight excluding hydrogens is 481 g/mol. The topological polar surface area (TPSA) is 63.9 Å². The summed E-state index contributed by atoms with van der Waals surface area (Å²) < 4.78 is 8.07. The van der Waals surface area contributed by atoms with E-state index in [1.807, 2.05) is 54.9 Å². The first-order valence-electron chi connectivity index (χ1n) is 11.8. The summed E-state index contributed by atoms with van der Waals surface area (Å²) in [4.78, 5) is 4.54. The molecular formula is C28H33Cl2N3O2. The van der Waals surface area contributed by atoms with Crippen molar-refractivity contribution in [2.45, 2.75) is 52.5 Å². The first-order valence-corrected chi connectivity index (χ1v) is 12.2. The summed E-state index contributed by atoms with van der Waals surface area (Å²) in [5, 5.41) is 13.7. The largest absolute Gasteiger partial charge is 1.00 e. The van der Waals surface area contributed by atoms with Crippen LogP contribution in [-0.2, 0) is 13.2 Å². The number of aliphatic hydroxyl groups is 1. The maximum Gasteiger partial charge on any atom is 0.130 e. The van der Waals surface area contributed by atoms with Gasteiger partial charge in [-0.15, -0.1) is 0 Å². The van der Waals surface area contributed by atoms with Gasteiger partial charge in [-0.2, -0.15) is 0 Å². The average Bonchev–Trinajstić information content (AvgIpc) is 3.22. The van der Waals surface area contributed by atoms with Gasteiger partial charge in [-0.05, 0) is 79.4 Å². The van der Waals surface area contributed by atoms with Crippen LogP contribution in [0, 0.1) is 13.8 Å². The molecule has 1 heterocycles. The summed E-state index contributed by atoms with van der Waals surface area (Å²) in [7, 11) is 0. The Morgan fingerprint density at radius 3 is 2.43 bits per heavy atom. The van der Waals surface area contributed by atoms with Crippen molar-refractivity contribution >= 4 is 22.6 Å². The van der Waals surface area contributed by atoms with Gasteiger partial charge in [0.15, 0.2) is 0 Å². The Labute approximate surface area is 218 Å². The normalized spacial score (nSPS) is 12.8. The van der Waals surface area contributed by atoms with Crippen LogP contribution in [0.3, 0.4) is 0 Å². The van der Waals surface area contributed by atoms with Crippen molar-refractivity contribution < 1.29 is 27.6 Å². The second kappa shape index (κ2) is 12.4. The van der Waals surface area contributed by atoms with Gasteiger partial charge in [0.05, 0.1) is 23.9 Å². The van der Waals surface area contributed by atoms with Gasteiger partial charge in [0.1, 0.15) is 24.5 Å². The van der Waals surface area contributed by atoms with E-state index in [1.54, 1.807) is 0 Å². The molecule has 2 atom stereocenters. The third-order valence-electron chi connectivity index (χ3n) is 6.42. The van der Waals surface area contributed by atoms with Crippen molar-refractivity contribution in [2.24, 2.45) is 0 Å². The van der Waals surface area contributed by atoms with Crippen LogP contribution < -0.4 is 22.5 Å². The Morgan fingerprint density at radius 1 is 1.03 bits per heavy atom. The molecule has 0 saturated heterocycles. The summed E-state index contributed by atoms with van der Waals surface area (Å²) in [6.07, 6.45) is 2.40. The van der Waals surface area contributed by atoms with Gasteiger partial charge >= 0.3 is 0 Å². The van der Waals surface area contributed by atoms with E-state index >= 15 is 0 Å². The zero-order valence-corrected chi connectivity index (χ0v) is 21.9. The van der Waals surface area contributed by atoms with Gasteiger partial charge in [0.2, 0.25) is 0 Å². The molecule has 0 aliphatic heterocycles. The second-order valence-corrected chi connectivity index (χ2v) is 9.47. The summed E-state index contributed by atoms with van der Waals surface area (Å²) in [6.45, 7) is 8.66. The van der Waals surface area contributed by atoms with Gasteiger partial charge in [0, 0.05) is 18.0 Å². The molecule has 2 unspecified atom stereocenters. The first kappa shape index (κ1) is 27.0. The van der Waals surface area contributed by atoms with E-state index in [0.29, 0.717) is 11.6 Å². The number of imidazole rings is 1. The van der Waals surface area contributed by atoms with Crippen LogP contribution >= 0.6 is 11.6 Å². The van der Waals surface area contributed by atoms with E-state index in [0.717, 1.165) is 41.9 Å². The van der Waals surface area contributed by atoms with Crippen molar-refractivity contribution in [1.29, 1.82) is 0 Å². The number of aliphatic hydroxyl groups excluding tert-OH is 1. The molecule has 0 amide bonds. The predicted octanol–water partition coefficient (Wildman–Crippen LogP) is 1.97. The van der Waals surface area contributed by atoms with Gasteiger partial charge < -0.3 is 32.1 Å². The Hall–Kier alpha value is -2.57. The molecule has 186 valence electrons. The van der Waals surface area contributed by atoms with Gasteiger partial charge in [-0.1, -0.05) is 35.9 Å². The lowest BCUT2D eigenvalue weighted by molar-refractivity contribution is -0.694. The number of aromatic nitrogens is 2. The minimum atomic E-state index is -0.537. The van der Waals surface area contributed by atoms with Crippen LogP contribution in [0.15, 0.2) is 67.0 Å². The highest BCUT2D eigenvalue weighted by Gasteiger charge is 2.19. The van der Waals surface area contributed by atoms with E-state index < -0.39 is 6.10 Å². The fraction of sp³-hybridized carbons (Fsp3) is 0.321. The molecule has 0 aliphatic carbocycles. The van der Waals surface area contributed by atoms with Crippen molar-refractivity contribution in [1.82, 2.24) is 9.55 Å². The van der Waals surface area contributed by atoms with Crippen LogP contribution in [0.25, 0.3) is 11.0 Å². The van der Waals surface area contributed by atoms with E-state index in [4.69, 9.17) is 16.3 Å². The zero-order chi connectivity index (χ0) is 24.1. The molecule has 4 rings (SSSR count). The lowest BCUT2D eigenvalue weighted by Gasteiger charge is -2.18. The molecule has 0 fully saturated rings. The summed E-state index contributed by atoms with van der Waals surface area (Å²) >= 11 is 5.92. The van der Waals surface area contributed by atoms with E-state index in [2.05, 4.69) is 47.8 Å². The molecule has 0 radical (unpaired) electrons. The van der Waals surface area contributed by atoms with Crippen LogP contribution in [0.4, 0.5) is 0 Å². The Bertz CT molecular complexity index is 1220. The molecule has 0 spiro atoms. The molecule has 4 aromatic rings. The van der Waals surface area contributed by atoms with Crippen molar-refractivity contribution in [3.05, 3.63) is 94.3 Å². The maximum atomic E-state index is 10.8. The second-order valence-electron chi connectivity index (χ2n) is 9.03. The van der Waals surface area contributed by atoms with Crippen LogP contribution in [0.2, 0.25) is 5.02 Å². The van der Waals surface area contributed by atoms with E-state index in [9.17, 15) is 5.11 Å². The highest BCUT2D eigenvalue weighted by molar-refractivity contribution is 6.30. The summed E-state index contributed by atoms with van der Waals surface area (Å²) in [6, 6.07) is 19.8. The third-order valence-corrected chi connectivity index (χ3v) is 6.67. The monoisotopic (exact) mass is 513 g/mol. The number of benzene rings is 3. The first-order chi connectivity index (χ1) is 16.4. The molecule has 3 N–H and O–H groups in total. The highest BCUT2D eigenvalue weighted by atomic mass is 35.5. The number of quaternary nitrogens is 1. The minimum Gasteiger partial charge on any atom is -1.00 e. The van der Waals surface area contributed by atoms with Crippen molar-refractivity contribution in [3.8, 4) is 5.75 Å². The summed E-state index contributed by atoms with van der Waals surface area (Å²) in [5.41, 5.74) is 6.76. The molecule has 7 heteroatoms. The number of aryl methyl sites for hydroxylation is 3. The standard InChI is InChI=1S/C28H32ClN3O2.ClH/c1-19-15-26-27(16-20(19)2)32(18-31-26)14-4-13-30-21(3)28(33)23-7-11-25(12-8-23)34-17-22-5-9-24(29)10-6-22;/h5-12,15-16,18,21,28,30,33H,4,13-14,17H2,1-3H3;1H. The lowest BCUT2D eigenvalue weighted by Crippen LogP contribution is -3.00. The zero-order valence-electron chi connectivity index (χ0n) is 20.4. The lowest BCUT2D eigenvalue weighted by atomic mass is 10.0. The molecule has 3 aromatic carbocycles. The fourth-order valence-corrected chi connectivity index (χ4v) is 4.20. The van der Waals surface area contributed by atoms with Gasteiger partial charge in [-0.3, -0.25) is 0 Å². The van der Waals surface area contributed by atoms with Gasteiger partial charge in [-0.25, -0.2) is 4.98 Å². The minimum absolute atomic E-state index is 0. The average molecular weight is 514 g/mol.